The predicted molar refractivity (Wildman–Crippen MR) is 77.8 cm³/mol. The maximum atomic E-state index is 11.3. The van der Waals surface area contributed by atoms with E-state index >= 15 is 0 Å². The van der Waals surface area contributed by atoms with Crippen LogP contribution >= 0.6 is 10.3 Å². The molecule has 8 heteroatoms. The molecule has 0 unspecified atom stereocenters. The van der Waals surface area contributed by atoms with Crippen molar-refractivity contribution in [1.82, 2.24) is 0 Å². The molecular formula is C12H16O6S2. The van der Waals surface area contributed by atoms with E-state index in [1.54, 1.807) is 36.8 Å². The SMILES string of the molecule is C=C(C(=O)O)c1ccc(S(C)(C)OS(=O)(=O)OC)cc1. The van der Waals surface area contributed by atoms with Gasteiger partial charge in [-0.3, -0.25) is 4.18 Å². The molecule has 0 saturated carbocycles. The molecule has 1 rings (SSSR count). The quantitative estimate of drug-likeness (QED) is 0.807. The first-order valence-corrected chi connectivity index (χ1v) is 9.07. The maximum Gasteiger partial charge on any atom is 0.409 e. The van der Waals surface area contributed by atoms with Gasteiger partial charge in [0.25, 0.3) is 0 Å². The van der Waals surface area contributed by atoms with E-state index in [-0.39, 0.29) is 5.57 Å². The van der Waals surface area contributed by atoms with Crippen LogP contribution in [0.4, 0.5) is 0 Å². The van der Waals surface area contributed by atoms with E-state index in [4.69, 9.17) is 8.74 Å². The van der Waals surface area contributed by atoms with Crippen LogP contribution in [0.3, 0.4) is 0 Å². The normalized spacial score (nSPS) is 12.9. The van der Waals surface area contributed by atoms with Gasteiger partial charge < -0.3 is 5.11 Å². The molecule has 6 nitrogen and oxygen atoms in total. The molecule has 0 bridgehead atoms. The number of carboxylic acid groups (broad SMARTS) is 1. The smallest absolute Gasteiger partial charge is 0.409 e. The van der Waals surface area contributed by atoms with E-state index in [0.29, 0.717) is 10.5 Å². The van der Waals surface area contributed by atoms with Gasteiger partial charge in [0.1, 0.15) is 0 Å². The van der Waals surface area contributed by atoms with Crippen LogP contribution in [0.5, 0.6) is 0 Å². The number of hydrogen-bond acceptors (Lipinski definition) is 5. The largest absolute Gasteiger partial charge is 0.478 e. The maximum absolute atomic E-state index is 11.3. The highest BCUT2D eigenvalue weighted by Crippen LogP contribution is 2.51. The number of hydrogen-bond donors (Lipinski definition) is 1. The van der Waals surface area contributed by atoms with E-state index in [1.807, 2.05) is 0 Å². The van der Waals surface area contributed by atoms with Crippen LogP contribution in [0.25, 0.3) is 5.57 Å². The van der Waals surface area contributed by atoms with E-state index in [2.05, 4.69) is 10.8 Å². The lowest BCUT2D eigenvalue weighted by molar-refractivity contribution is -0.130. The molecule has 1 aromatic rings. The number of rotatable bonds is 6. The molecule has 0 fully saturated rings. The van der Waals surface area contributed by atoms with Gasteiger partial charge >= 0.3 is 16.4 Å². The van der Waals surface area contributed by atoms with Crippen molar-refractivity contribution in [2.24, 2.45) is 0 Å². The average Bonchev–Trinajstić information content (AvgIpc) is 2.36. The van der Waals surface area contributed by atoms with Gasteiger partial charge in [0, 0.05) is 4.90 Å². The van der Waals surface area contributed by atoms with Crippen LogP contribution in [0.2, 0.25) is 0 Å². The third kappa shape index (κ3) is 4.07. The summed E-state index contributed by atoms with van der Waals surface area (Å²) >= 11 is 0. The van der Waals surface area contributed by atoms with Crippen LogP contribution in [-0.2, 0) is 23.0 Å². The van der Waals surface area contributed by atoms with Gasteiger partial charge in [-0.2, -0.15) is 12.0 Å². The summed E-state index contributed by atoms with van der Waals surface area (Å²) in [6.07, 6.45) is 3.29. The molecule has 0 aliphatic rings. The van der Waals surface area contributed by atoms with Crippen LogP contribution < -0.4 is 0 Å². The summed E-state index contributed by atoms with van der Waals surface area (Å²) in [5.74, 6) is -1.11. The highest BCUT2D eigenvalue weighted by atomic mass is 32.3. The molecule has 112 valence electrons. The summed E-state index contributed by atoms with van der Waals surface area (Å²) in [5.41, 5.74) is 0.417. The standard InChI is InChI=1S/C12H16O6S2/c1-9(12(13)14)10-5-7-11(8-6-10)19(3,4)18-20(15,16)17-2/h5-8H,1H2,2-4H3,(H,13,14). The van der Waals surface area contributed by atoms with Crippen molar-refractivity contribution < 1.29 is 26.1 Å². The molecule has 0 aromatic heterocycles. The third-order valence-corrected chi connectivity index (χ3v) is 6.33. The van der Waals surface area contributed by atoms with Crippen molar-refractivity contribution >= 4 is 32.3 Å². The zero-order valence-corrected chi connectivity index (χ0v) is 13.0. The summed E-state index contributed by atoms with van der Waals surface area (Å²) in [6.45, 7) is 3.45. The van der Waals surface area contributed by atoms with Crippen LogP contribution in [0.1, 0.15) is 5.56 Å². The van der Waals surface area contributed by atoms with Crippen molar-refractivity contribution in [3.05, 3.63) is 36.4 Å². The van der Waals surface area contributed by atoms with Gasteiger partial charge in [0.15, 0.2) is 0 Å². The first-order valence-electron chi connectivity index (χ1n) is 5.36. The first kappa shape index (κ1) is 16.7. The van der Waals surface area contributed by atoms with E-state index in [0.717, 1.165) is 7.11 Å². The lowest BCUT2D eigenvalue weighted by Gasteiger charge is -2.29. The topological polar surface area (TPSA) is 89.9 Å². The molecule has 0 heterocycles. The molecule has 0 radical (unpaired) electrons. The van der Waals surface area contributed by atoms with Crippen LogP contribution in [0.15, 0.2) is 35.7 Å². The highest BCUT2D eigenvalue weighted by molar-refractivity contribution is 8.31. The molecule has 1 N–H and O–H groups in total. The van der Waals surface area contributed by atoms with Gasteiger partial charge in [-0.25, -0.2) is 4.79 Å². The van der Waals surface area contributed by atoms with Crippen molar-refractivity contribution in [3.63, 3.8) is 0 Å². The Morgan fingerprint density at radius 2 is 1.70 bits per heavy atom. The Kier molecular flexibility index (Phi) is 4.98. The van der Waals surface area contributed by atoms with E-state index < -0.39 is 26.7 Å². The third-order valence-electron chi connectivity index (χ3n) is 2.49. The molecule has 20 heavy (non-hydrogen) atoms. The van der Waals surface area contributed by atoms with Crippen molar-refractivity contribution in [1.29, 1.82) is 0 Å². The number of aliphatic carboxylic acids is 1. The zero-order chi connectivity index (χ0) is 15.6. The second-order valence-electron chi connectivity index (χ2n) is 4.18. The van der Waals surface area contributed by atoms with Crippen molar-refractivity contribution in [2.75, 3.05) is 19.6 Å². The Morgan fingerprint density at radius 1 is 1.20 bits per heavy atom. The summed E-state index contributed by atoms with van der Waals surface area (Å²) in [7, 11) is -5.10. The van der Waals surface area contributed by atoms with Gasteiger partial charge in [0.2, 0.25) is 0 Å². The minimum atomic E-state index is -4.04. The van der Waals surface area contributed by atoms with Crippen molar-refractivity contribution in [2.45, 2.75) is 4.90 Å². The van der Waals surface area contributed by atoms with Gasteiger partial charge in [-0.15, -0.1) is 0 Å². The second kappa shape index (κ2) is 5.96. The minimum absolute atomic E-state index is 0.0326. The van der Waals surface area contributed by atoms with E-state index in [1.165, 1.54) is 0 Å². The molecular weight excluding hydrogens is 304 g/mol. The van der Waals surface area contributed by atoms with Gasteiger partial charge in [-0.05, 0) is 30.2 Å². The van der Waals surface area contributed by atoms with Crippen molar-refractivity contribution in [3.8, 4) is 0 Å². The fourth-order valence-corrected chi connectivity index (χ4v) is 4.38. The first-order chi connectivity index (χ1) is 9.09. The fraction of sp³-hybridized carbons (Fsp3) is 0.250. The van der Waals surface area contributed by atoms with Crippen LogP contribution in [-0.4, -0.2) is 39.1 Å². The van der Waals surface area contributed by atoms with E-state index in [9.17, 15) is 13.2 Å². The number of carbonyl (C=O) groups is 1. The number of benzene rings is 1. The summed E-state index contributed by atoms with van der Waals surface area (Å²) in [4.78, 5) is 11.4. The molecule has 1 aromatic carbocycles. The Bertz CT molecular complexity index is 616. The highest BCUT2D eigenvalue weighted by Gasteiger charge is 2.24. The zero-order valence-electron chi connectivity index (χ0n) is 11.3. The Balaban J connectivity index is 3.04. The van der Waals surface area contributed by atoms with Crippen LogP contribution in [0, 0.1) is 0 Å². The van der Waals surface area contributed by atoms with Gasteiger partial charge in [-0.1, -0.05) is 29.0 Å². The molecule has 0 aliphatic heterocycles. The molecule has 0 aliphatic carbocycles. The number of carboxylic acids is 1. The Hall–Kier alpha value is -1.35. The lowest BCUT2D eigenvalue weighted by atomic mass is 10.1. The average molecular weight is 320 g/mol. The molecule has 0 saturated heterocycles. The minimum Gasteiger partial charge on any atom is -0.478 e. The predicted octanol–water partition coefficient (Wildman–Crippen LogP) is 2.03. The van der Waals surface area contributed by atoms with Gasteiger partial charge in [0.05, 0.1) is 12.7 Å². The summed E-state index contributed by atoms with van der Waals surface area (Å²) < 4.78 is 31.9. The molecule has 0 spiro atoms. The molecule has 0 amide bonds. The lowest BCUT2D eigenvalue weighted by Crippen LogP contribution is -2.11. The monoisotopic (exact) mass is 320 g/mol. The Morgan fingerprint density at radius 3 is 2.10 bits per heavy atom. The fourth-order valence-electron chi connectivity index (χ4n) is 1.38. The summed E-state index contributed by atoms with van der Waals surface area (Å²) in [6, 6.07) is 6.35. The second-order valence-corrected chi connectivity index (χ2v) is 8.82. The Labute approximate surface area is 119 Å². The summed E-state index contributed by atoms with van der Waals surface area (Å²) in [5, 5.41) is 8.83. The molecule has 0 atom stereocenters.